The molecule has 0 unspecified atom stereocenters. The van der Waals surface area contributed by atoms with Crippen molar-refractivity contribution in [3.63, 3.8) is 0 Å². The quantitative estimate of drug-likeness (QED) is 0.728. The summed E-state index contributed by atoms with van der Waals surface area (Å²) in [5.41, 5.74) is 8.36. The summed E-state index contributed by atoms with van der Waals surface area (Å²) in [5.74, 6) is 0.421. The van der Waals surface area contributed by atoms with Gasteiger partial charge in [-0.15, -0.1) is 0 Å². The number of hydrogen-bond acceptors (Lipinski definition) is 4. The maximum atomic E-state index is 6.05. The number of nitrogens with two attached hydrogens (primary N) is 1. The molecule has 3 rings (SSSR count). The first-order valence-electron chi connectivity index (χ1n) is 5.37. The first-order valence-corrected chi connectivity index (χ1v) is 5.75. The monoisotopic (exact) mass is 259 g/mol. The van der Waals surface area contributed by atoms with Crippen LogP contribution in [-0.4, -0.2) is 19.7 Å². The van der Waals surface area contributed by atoms with Crippen LogP contribution in [0, 0.1) is 6.92 Å². The van der Waals surface area contributed by atoms with Crippen LogP contribution in [0.1, 0.15) is 5.56 Å². The second kappa shape index (κ2) is 3.96. The molecule has 0 aliphatic carbocycles. The third-order valence-electron chi connectivity index (χ3n) is 2.67. The lowest BCUT2D eigenvalue weighted by atomic mass is 10.2. The van der Waals surface area contributed by atoms with Crippen LogP contribution in [0.2, 0.25) is 5.02 Å². The Morgan fingerprint density at radius 1 is 1.22 bits per heavy atom. The summed E-state index contributed by atoms with van der Waals surface area (Å²) in [6, 6.07) is 5.70. The van der Waals surface area contributed by atoms with Gasteiger partial charge in [-0.3, -0.25) is 0 Å². The van der Waals surface area contributed by atoms with Crippen LogP contribution in [0.5, 0.6) is 0 Å². The summed E-state index contributed by atoms with van der Waals surface area (Å²) >= 11 is 6.05. The molecule has 0 saturated carbocycles. The maximum absolute atomic E-state index is 6.05. The number of benzene rings is 1. The molecule has 0 fully saturated rings. The summed E-state index contributed by atoms with van der Waals surface area (Å²) in [4.78, 5) is 8.14. The van der Waals surface area contributed by atoms with Crippen molar-refractivity contribution in [2.75, 3.05) is 5.73 Å². The second-order valence-electron chi connectivity index (χ2n) is 4.04. The van der Waals surface area contributed by atoms with Gasteiger partial charge >= 0.3 is 0 Å². The minimum Gasteiger partial charge on any atom is -0.383 e. The molecule has 0 atom stereocenters. The van der Waals surface area contributed by atoms with E-state index in [0.29, 0.717) is 16.5 Å². The molecule has 3 aromatic rings. The van der Waals surface area contributed by atoms with E-state index < -0.39 is 0 Å². The molecule has 1 aromatic carbocycles. The number of hydrogen-bond donors (Lipinski definition) is 1. The third-order valence-corrected chi connectivity index (χ3v) is 2.89. The fraction of sp³-hybridized carbons (Fsp3) is 0.0833. The van der Waals surface area contributed by atoms with Crippen molar-refractivity contribution in [2.45, 2.75) is 6.92 Å². The number of rotatable bonds is 1. The standard InChI is InChI=1S/C12H10ClN5/c1-7-2-8(13)4-9(3-7)18-12-10(5-17-18)11(14)15-6-16-12/h2-6H,1H3,(H2,14,15,16). The minimum absolute atomic E-state index is 0.421. The minimum atomic E-state index is 0.421. The van der Waals surface area contributed by atoms with Gasteiger partial charge in [0.15, 0.2) is 5.65 Å². The van der Waals surface area contributed by atoms with Gasteiger partial charge in [-0.25, -0.2) is 14.6 Å². The largest absolute Gasteiger partial charge is 0.383 e. The highest BCUT2D eigenvalue weighted by molar-refractivity contribution is 6.30. The van der Waals surface area contributed by atoms with E-state index in [1.54, 1.807) is 10.9 Å². The average molecular weight is 260 g/mol. The molecule has 0 saturated heterocycles. The molecule has 0 spiro atoms. The van der Waals surface area contributed by atoms with E-state index in [2.05, 4.69) is 15.1 Å². The summed E-state index contributed by atoms with van der Waals surface area (Å²) in [6.45, 7) is 1.98. The molecule has 2 heterocycles. The zero-order valence-corrected chi connectivity index (χ0v) is 10.4. The van der Waals surface area contributed by atoms with E-state index in [9.17, 15) is 0 Å². The van der Waals surface area contributed by atoms with Crippen LogP contribution in [0.3, 0.4) is 0 Å². The van der Waals surface area contributed by atoms with Gasteiger partial charge in [0.25, 0.3) is 0 Å². The van der Waals surface area contributed by atoms with Gasteiger partial charge in [0, 0.05) is 5.02 Å². The van der Waals surface area contributed by atoms with Crippen molar-refractivity contribution in [1.29, 1.82) is 0 Å². The lowest BCUT2D eigenvalue weighted by molar-refractivity contribution is 0.894. The van der Waals surface area contributed by atoms with Gasteiger partial charge in [0.05, 0.1) is 17.3 Å². The molecule has 0 amide bonds. The Bertz CT molecular complexity index is 714. The van der Waals surface area contributed by atoms with Gasteiger partial charge in [0.2, 0.25) is 0 Å². The number of halogens is 1. The van der Waals surface area contributed by atoms with Crippen LogP contribution >= 0.6 is 11.6 Å². The van der Waals surface area contributed by atoms with Crippen molar-refractivity contribution in [2.24, 2.45) is 0 Å². The highest BCUT2D eigenvalue weighted by atomic mass is 35.5. The predicted molar refractivity (Wildman–Crippen MR) is 70.8 cm³/mol. The maximum Gasteiger partial charge on any atom is 0.168 e. The highest BCUT2D eigenvalue weighted by Crippen LogP contribution is 2.22. The van der Waals surface area contributed by atoms with Crippen molar-refractivity contribution < 1.29 is 0 Å². The number of aryl methyl sites for hydroxylation is 1. The van der Waals surface area contributed by atoms with E-state index >= 15 is 0 Å². The Morgan fingerprint density at radius 2 is 2.06 bits per heavy atom. The van der Waals surface area contributed by atoms with Gasteiger partial charge in [-0.2, -0.15) is 5.10 Å². The predicted octanol–water partition coefficient (Wildman–Crippen LogP) is 2.36. The van der Waals surface area contributed by atoms with Crippen LogP contribution in [-0.2, 0) is 0 Å². The van der Waals surface area contributed by atoms with E-state index in [1.807, 2.05) is 25.1 Å². The van der Waals surface area contributed by atoms with Crippen molar-refractivity contribution in [3.05, 3.63) is 41.3 Å². The first-order chi connectivity index (χ1) is 8.65. The third kappa shape index (κ3) is 1.69. The fourth-order valence-corrected chi connectivity index (χ4v) is 2.17. The molecule has 5 nitrogen and oxygen atoms in total. The summed E-state index contributed by atoms with van der Waals surface area (Å²) < 4.78 is 1.70. The number of aromatic nitrogens is 4. The molecule has 18 heavy (non-hydrogen) atoms. The molecule has 2 aromatic heterocycles. The van der Waals surface area contributed by atoms with E-state index in [4.69, 9.17) is 17.3 Å². The highest BCUT2D eigenvalue weighted by Gasteiger charge is 2.09. The Balaban J connectivity index is 2.29. The van der Waals surface area contributed by atoms with Gasteiger partial charge in [0.1, 0.15) is 12.1 Å². The van der Waals surface area contributed by atoms with Crippen LogP contribution in [0.15, 0.2) is 30.7 Å². The number of fused-ring (bicyclic) bond motifs is 1. The number of anilines is 1. The molecular weight excluding hydrogens is 250 g/mol. The molecular formula is C12H10ClN5. The van der Waals surface area contributed by atoms with Gasteiger partial charge in [-0.1, -0.05) is 11.6 Å². The molecule has 0 bridgehead atoms. The summed E-state index contributed by atoms with van der Waals surface area (Å²) in [5, 5.41) is 5.68. The molecule has 2 N–H and O–H groups in total. The summed E-state index contributed by atoms with van der Waals surface area (Å²) in [7, 11) is 0. The van der Waals surface area contributed by atoms with Crippen LogP contribution in [0.4, 0.5) is 5.82 Å². The lowest BCUT2D eigenvalue weighted by Gasteiger charge is -2.05. The molecule has 0 aliphatic rings. The SMILES string of the molecule is Cc1cc(Cl)cc(-n2ncc3c(N)ncnc32)c1. The fourth-order valence-electron chi connectivity index (χ4n) is 1.89. The zero-order chi connectivity index (χ0) is 12.7. The van der Waals surface area contributed by atoms with Crippen molar-refractivity contribution >= 4 is 28.5 Å². The van der Waals surface area contributed by atoms with Gasteiger partial charge < -0.3 is 5.73 Å². The zero-order valence-electron chi connectivity index (χ0n) is 9.63. The van der Waals surface area contributed by atoms with Crippen LogP contribution in [0.25, 0.3) is 16.7 Å². The Kier molecular flexibility index (Phi) is 2.41. The second-order valence-corrected chi connectivity index (χ2v) is 4.48. The molecule has 6 heteroatoms. The number of nitrogens with zero attached hydrogens (tertiary/aromatic N) is 4. The Morgan fingerprint density at radius 3 is 2.83 bits per heavy atom. The first kappa shape index (κ1) is 11.0. The number of nitrogen functional groups attached to an aromatic ring is 1. The van der Waals surface area contributed by atoms with E-state index in [0.717, 1.165) is 16.6 Å². The normalized spacial score (nSPS) is 11.0. The Labute approximate surface area is 108 Å². The van der Waals surface area contributed by atoms with Crippen molar-refractivity contribution in [1.82, 2.24) is 19.7 Å². The molecule has 90 valence electrons. The van der Waals surface area contributed by atoms with Crippen LogP contribution < -0.4 is 5.73 Å². The van der Waals surface area contributed by atoms with Gasteiger partial charge in [-0.05, 0) is 30.7 Å². The van der Waals surface area contributed by atoms with Crippen molar-refractivity contribution in [3.8, 4) is 5.69 Å². The Hall–Kier alpha value is -2.14. The molecule has 0 radical (unpaired) electrons. The lowest BCUT2D eigenvalue weighted by Crippen LogP contribution is -1.99. The van der Waals surface area contributed by atoms with E-state index in [-0.39, 0.29) is 0 Å². The van der Waals surface area contributed by atoms with E-state index in [1.165, 1.54) is 6.33 Å². The topological polar surface area (TPSA) is 69.6 Å². The summed E-state index contributed by atoms with van der Waals surface area (Å²) in [6.07, 6.45) is 3.08. The molecule has 0 aliphatic heterocycles. The smallest absolute Gasteiger partial charge is 0.168 e. The average Bonchev–Trinajstić information content (AvgIpc) is 2.73.